The van der Waals surface area contributed by atoms with Crippen LogP contribution >= 0.6 is 11.3 Å². The predicted octanol–water partition coefficient (Wildman–Crippen LogP) is 6.51. The molecule has 2 aromatic rings. The highest BCUT2D eigenvalue weighted by Gasteiger charge is 2.16. The van der Waals surface area contributed by atoms with E-state index in [0.29, 0.717) is 30.9 Å². The number of aryl methyl sites for hydroxylation is 1. The van der Waals surface area contributed by atoms with Crippen molar-refractivity contribution in [3.05, 3.63) is 46.3 Å². The number of carbonyl (C=O) groups excluding carboxylic acids is 2. The molecule has 0 saturated carbocycles. The van der Waals surface area contributed by atoms with Gasteiger partial charge in [0.15, 0.2) is 6.29 Å². The fraction of sp³-hybridized carbons (Fsp3) is 0.440. The van der Waals surface area contributed by atoms with E-state index in [0.717, 1.165) is 29.6 Å². The fourth-order valence-electron chi connectivity index (χ4n) is 3.03. The van der Waals surface area contributed by atoms with E-state index >= 15 is 0 Å². The molecule has 1 amide bonds. The van der Waals surface area contributed by atoms with Gasteiger partial charge in [-0.25, -0.2) is 4.79 Å². The van der Waals surface area contributed by atoms with E-state index in [1.807, 2.05) is 52.8 Å². The van der Waals surface area contributed by atoms with Crippen molar-refractivity contribution >= 4 is 29.8 Å². The van der Waals surface area contributed by atoms with Crippen molar-refractivity contribution in [2.75, 3.05) is 13.2 Å². The average molecular weight is 444 g/mol. The highest BCUT2D eigenvalue weighted by molar-refractivity contribution is 7.15. The first kappa shape index (κ1) is 24.7. The molecule has 31 heavy (non-hydrogen) atoms. The summed E-state index contributed by atoms with van der Waals surface area (Å²) in [5.74, 6) is 0.558. The van der Waals surface area contributed by atoms with Crippen LogP contribution in [0.15, 0.2) is 30.3 Å². The van der Waals surface area contributed by atoms with Gasteiger partial charge in [-0.3, -0.25) is 4.79 Å². The molecule has 1 aromatic carbocycles. The molecule has 1 aromatic heterocycles. The second kappa shape index (κ2) is 11.7. The van der Waals surface area contributed by atoms with Gasteiger partial charge in [-0.05, 0) is 75.4 Å². The summed E-state index contributed by atoms with van der Waals surface area (Å²) in [7, 11) is 0. The van der Waals surface area contributed by atoms with Gasteiger partial charge in [0.05, 0.1) is 12.2 Å². The summed E-state index contributed by atoms with van der Waals surface area (Å²) in [6.45, 7) is 10.3. The van der Waals surface area contributed by atoms with Crippen molar-refractivity contribution in [3.63, 3.8) is 0 Å². The van der Waals surface area contributed by atoms with E-state index in [4.69, 9.17) is 9.47 Å². The van der Waals surface area contributed by atoms with Crippen LogP contribution < -0.4 is 10.1 Å². The van der Waals surface area contributed by atoms with Gasteiger partial charge in [-0.15, -0.1) is 11.3 Å². The molecule has 1 aliphatic carbocycles. The van der Waals surface area contributed by atoms with E-state index in [1.54, 1.807) is 11.3 Å². The molecule has 0 aliphatic heterocycles. The third-order valence-electron chi connectivity index (χ3n) is 4.35. The van der Waals surface area contributed by atoms with Crippen molar-refractivity contribution in [1.82, 2.24) is 5.32 Å². The molecule has 0 unspecified atom stereocenters. The third-order valence-corrected chi connectivity index (χ3v) is 5.61. The van der Waals surface area contributed by atoms with Crippen LogP contribution in [0.5, 0.6) is 5.75 Å². The van der Waals surface area contributed by atoms with Gasteiger partial charge in [0, 0.05) is 16.3 Å². The lowest BCUT2D eigenvalue weighted by atomic mass is 10.0. The van der Waals surface area contributed by atoms with Crippen LogP contribution in [0.1, 0.15) is 68.3 Å². The Morgan fingerprint density at radius 1 is 1.23 bits per heavy atom. The standard InChI is InChI=1S/C23H27NO4S.C2H6/c1-23(2,3)28-22(26)24-11-6-12-27-19-10-9-17(13-18(19)15-25)21-14-16-7-4-5-8-20(16)29-21;1-2/h4,7,9-10,13-15H,5-6,8,11-12H2,1-3H3,(H,24,26);1-2H3. The van der Waals surface area contributed by atoms with Crippen LogP contribution in [0, 0.1) is 0 Å². The SMILES string of the molecule is CC.CC(C)(C)OC(=O)NCCCOc1ccc(-c2cc3c(s2)CCC=C3)cc1C=O. The molecule has 6 heteroatoms. The second-order valence-electron chi connectivity index (χ2n) is 7.93. The predicted molar refractivity (Wildman–Crippen MR) is 128 cm³/mol. The maximum absolute atomic E-state index is 11.6. The van der Waals surface area contributed by atoms with E-state index in [-0.39, 0.29) is 0 Å². The Morgan fingerprint density at radius 2 is 2.00 bits per heavy atom. The molecule has 0 radical (unpaired) electrons. The number of aldehydes is 1. The lowest BCUT2D eigenvalue weighted by molar-refractivity contribution is 0.0525. The van der Waals surface area contributed by atoms with Crippen LogP contribution in [0.2, 0.25) is 0 Å². The van der Waals surface area contributed by atoms with Crippen molar-refractivity contribution in [1.29, 1.82) is 0 Å². The number of amides is 1. The normalized spacial score (nSPS) is 12.3. The molecule has 3 rings (SSSR count). The largest absolute Gasteiger partial charge is 0.493 e. The van der Waals surface area contributed by atoms with Crippen LogP contribution in [-0.2, 0) is 11.2 Å². The number of fused-ring (bicyclic) bond motifs is 1. The Labute approximate surface area is 189 Å². The molecule has 0 atom stereocenters. The molecule has 0 fully saturated rings. The van der Waals surface area contributed by atoms with E-state index in [1.165, 1.54) is 10.4 Å². The highest BCUT2D eigenvalue weighted by atomic mass is 32.1. The second-order valence-corrected chi connectivity index (χ2v) is 9.07. The Balaban J connectivity index is 0.00000166. The number of ether oxygens (including phenoxy) is 2. The lowest BCUT2D eigenvalue weighted by Gasteiger charge is -2.19. The smallest absolute Gasteiger partial charge is 0.407 e. The zero-order valence-electron chi connectivity index (χ0n) is 19.1. The number of hydrogen-bond donors (Lipinski definition) is 1. The maximum atomic E-state index is 11.6. The van der Waals surface area contributed by atoms with E-state index in [9.17, 15) is 9.59 Å². The number of carbonyl (C=O) groups is 2. The van der Waals surface area contributed by atoms with Crippen molar-refractivity contribution < 1.29 is 19.1 Å². The minimum atomic E-state index is -0.515. The molecule has 5 nitrogen and oxygen atoms in total. The number of rotatable bonds is 7. The molecule has 0 bridgehead atoms. The molecular formula is C25H33NO4S. The Hall–Kier alpha value is -2.60. The fourth-order valence-corrected chi connectivity index (χ4v) is 4.19. The van der Waals surface area contributed by atoms with Crippen LogP contribution in [0.3, 0.4) is 0 Å². The quantitative estimate of drug-likeness (QED) is 0.391. The summed E-state index contributed by atoms with van der Waals surface area (Å²) in [6, 6.07) is 7.89. The Kier molecular flexibility index (Phi) is 9.31. The van der Waals surface area contributed by atoms with Crippen LogP contribution in [0.4, 0.5) is 4.79 Å². The first-order valence-corrected chi connectivity index (χ1v) is 11.7. The summed E-state index contributed by atoms with van der Waals surface area (Å²) in [6.07, 6.45) is 7.53. The first-order valence-electron chi connectivity index (χ1n) is 10.8. The van der Waals surface area contributed by atoms with Gasteiger partial charge in [-0.2, -0.15) is 0 Å². The van der Waals surface area contributed by atoms with E-state index in [2.05, 4.69) is 23.5 Å². The van der Waals surface area contributed by atoms with Gasteiger partial charge in [0.25, 0.3) is 0 Å². The molecule has 0 spiro atoms. The number of benzene rings is 1. The number of alkyl carbamates (subject to hydrolysis) is 1. The highest BCUT2D eigenvalue weighted by Crippen LogP contribution is 2.36. The molecule has 0 saturated heterocycles. The van der Waals surface area contributed by atoms with Gasteiger partial charge in [0.1, 0.15) is 11.4 Å². The zero-order chi connectivity index (χ0) is 22.9. The molecule has 1 heterocycles. The average Bonchev–Trinajstić information content (AvgIpc) is 3.18. The van der Waals surface area contributed by atoms with Crippen molar-refractivity contribution in [2.45, 2.75) is 59.5 Å². The summed E-state index contributed by atoms with van der Waals surface area (Å²) in [4.78, 5) is 25.7. The molecule has 1 aliphatic rings. The molecular weight excluding hydrogens is 410 g/mol. The summed E-state index contributed by atoms with van der Waals surface area (Å²) >= 11 is 1.78. The minimum Gasteiger partial charge on any atom is -0.493 e. The number of nitrogens with one attached hydrogen (secondary N) is 1. The van der Waals surface area contributed by atoms with Crippen molar-refractivity contribution in [3.8, 4) is 16.2 Å². The Morgan fingerprint density at radius 3 is 2.68 bits per heavy atom. The minimum absolute atomic E-state index is 0.397. The summed E-state index contributed by atoms with van der Waals surface area (Å²) in [5, 5.41) is 2.69. The van der Waals surface area contributed by atoms with Gasteiger partial charge < -0.3 is 14.8 Å². The number of thiophene rings is 1. The lowest BCUT2D eigenvalue weighted by Crippen LogP contribution is -2.33. The first-order chi connectivity index (χ1) is 14.9. The van der Waals surface area contributed by atoms with Gasteiger partial charge >= 0.3 is 6.09 Å². The van der Waals surface area contributed by atoms with Crippen molar-refractivity contribution in [2.24, 2.45) is 0 Å². The summed E-state index contributed by atoms with van der Waals surface area (Å²) < 4.78 is 10.9. The summed E-state index contributed by atoms with van der Waals surface area (Å²) in [5.41, 5.74) is 2.32. The molecule has 1 N–H and O–H groups in total. The Bertz CT molecular complexity index is 909. The van der Waals surface area contributed by atoms with E-state index < -0.39 is 11.7 Å². The van der Waals surface area contributed by atoms with Crippen LogP contribution in [-0.4, -0.2) is 31.1 Å². The topological polar surface area (TPSA) is 64.6 Å². The number of allylic oxidation sites excluding steroid dienone is 1. The monoisotopic (exact) mass is 443 g/mol. The van der Waals surface area contributed by atoms with Gasteiger partial charge in [0.2, 0.25) is 0 Å². The molecule has 168 valence electrons. The van der Waals surface area contributed by atoms with Gasteiger partial charge in [-0.1, -0.05) is 26.0 Å². The maximum Gasteiger partial charge on any atom is 0.407 e. The number of hydrogen-bond acceptors (Lipinski definition) is 5. The van der Waals surface area contributed by atoms with Crippen LogP contribution in [0.25, 0.3) is 16.5 Å². The zero-order valence-corrected chi connectivity index (χ0v) is 19.9. The third kappa shape index (κ3) is 7.55.